The molecule has 0 spiro atoms. The van der Waals surface area contributed by atoms with Crippen molar-refractivity contribution in [3.05, 3.63) is 52.4 Å². The molecule has 3 aliphatic heterocycles. The van der Waals surface area contributed by atoms with Crippen molar-refractivity contribution in [1.82, 2.24) is 20.1 Å². The van der Waals surface area contributed by atoms with E-state index in [0.29, 0.717) is 18.6 Å². The lowest BCUT2D eigenvalue weighted by Crippen LogP contribution is -2.52. The van der Waals surface area contributed by atoms with Crippen molar-refractivity contribution in [2.24, 2.45) is 5.73 Å². The molecular formula is C29H42N6O. The summed E-state index contributed by atoms with van der Waals surface area (Å²) in [4.78, 5) is 18.6. The summed E-state index contributed by atoms with van der Waals surface area (Å²) >= 11 is 0. The summed E-state index contributed by atoms with van der Waals surface area (Å²) in [6, 6.07) is 5.47. The van der Waals surface area contributed by atoms with Gasteiger partial charge in [-0.15, -0.1) is 0 Å². The van der Waals surface area contributed by atoms with Crippen LogP contribution in [0.1, 0.15) is 62.5 Å². The summed E-state index contributed by atoms with van der Waals surface area (Å²) in [6.45, 7) is 15.4. The third kappa shape index (κ3) is 4.91. The number of nitrogens with one attached hydrogen (secondary N) is 2. The number of hydrogen-bond donors (Lipinski definition) is 3. The second-order valence-corrected chi connectivity index (χ2v) is 11.1. The van der Waals surface area contributed by atoms with Gasteiger partial charge in [-0.2, -0.15) is 0 Å². The topological polar surface area (TPSA) is 78.6 Å². The molecule has 1 aromatic heterocycles. The number of nitrogens with zero attached hydrogens (tertiary/aromatic N) is 3. The number of piperidine rings is 1. The van der Waals surface area contributed by atoms with Crippen LogP contribution in [-0.2, 0) is 6.42 Å². The molecule has 3 aliphatic rings. The number of aromatic nitrogens is 1. The van der Waals surface area contributed by atoms with Crippen LogP contribution in [0.2, 0.25) is 0 Å². The fourth-order valence-electron chi connectivity index (χ4n) is 6.19. The van der Waals surface area contributed by atoms with Crippen molar-refractivity contribution in [2.75, 3.05) is 50.7 Å². The maximum absolute atomic E-state index is 13.5. The van der Waals surface area contributed by atoms with Crippen molar-refractivity contribution >= 4 is 22.5 Å². The van der Waals surface area contributed by atoms with Crippen LogP contribution in [0.3, 0.4) is 0 Å². The molecule has 36 heavy (non-hydrogen) atoms. The quantitative estimate of drug-likeness (QED) is 0.611. The Morgan fingerprint density at radius 2 is 1.83 bits per heavy atom. The smallest absolute Gasteiger partial charge is 0.252 e. The predicted octanol–water partition coefficient (Wildman–Crippen LogP) is 3.56. The molecule has 0 saturated carbocycles. The average Bonchev–Trinajstić information content (AvgIpc) is 3.23. The highest BCUT2D eigenvalue weighted by Gasteiger charge is 2.28. The molecule has 7 nitrogen and oxygen atoms in total. The van der Waals surface area contributed by atoms with E-state index in [1.165, 1.54) is 29.7 Å². The minimum Gasteiger partial charge on any atom is -0.402 e. The molecule has 0 radical (unpaired) electrons. The molecule has 0 aliphatic carbocycles. The Morgan fingerprint density at radius 3 is 2.50 bits per heavy atom. The summed E-state index contributed by atoms with van der Waals surface area (Å²) < 4.78 is 2.35. The van der Waals surface area contributed by atoms with E-state index in [0.717, 1.165) is 73.4 Å². The van der Waals surface area contributed by atoms with E-state index in [1.54, 1.807) is 0 Å². The van der Waals surface area contributed by atoms with Crippen molar-refractivity contribution in [3.8, 4) is 0 Å². The zero-order chi connectivity index (χ0) is 25.4. The van der Waals surface area contributed by atoms with Gasteiger partial charge >= 0.3 is 0 Å². The first kappa shape index (κ1) is 24.9. The van der Waals surface area contributed by atoms with Crippen molar-refractivity contribution in [2.45, 2.75) is 59.0 Å². The summed E-state index contributed by atoms with van der Waals surface area (Å²) in [5.74, 6) is 0.0106. The first-order valence-electron chi connectivity index (χ1n) is 13.6. The highest BCUT2D eigenvalue weighted by Crippen LogP contribution is 2.35. The zero-order valence-electron chi connectivity index (χ0n) is 22.4. The molecule has 0 atom stereocenters. The molecule has 2 saturated heterocycles. The van der Waals surface area contributed by atoms with Gasteiger partial charge in [0.1, 0.15) is 0 Å². The van der Waals surface area contributed by atoms with E-state index in [9.17, 15) is 4.79 Å². The molecule has 5 rings (SSSR count). The predicted molar refractivity (Wildman–Crippen MR) is 149 cm³/mol. The van der Waals surface area contributed by atoms with Gasteiger partial charge in [-0.05, 0) is 95.0 Å². The Hall–Kier alpha value is -2.77. The number of benzene rings is 1. The fourth-order valence-corrected chi connectivity index (χ4v) is 6.19. The molecule has 4 N–H and O–H groups in total. The number of rotatable bonds is 4. The normalized spacial score (nSPS) is 22.1. The summed E-state index contributed by atoms with van der Waals surface area (Å²) in [6.07, 6.45) is 7.58. The molecule has 2 fully saturated rings. The van der Waals surface area contributed by atoms with Gasteiger partial charge in [-0.25, -0.2) is 0 Å². The van der Waals surface area contributed by atoms with Crippen molar-refractivity contribution in [3.63, 3.8) is 0 Å². The van der Waals surface area contributed by atoms with Crippen molar-refractivity contribution < 1.29 is 4.79 Å². The maximum Gasteiger partial charge on any atom is 0.252 e. The number of hydrogen-bond acceptors (Lipinski definition) is 5. The Labute approximate surface area is 215 Å². The standard InChI is InChI=1S/C29H42N6O/c1-19(2)35-18-23-14-22(20(3)13-21(4)30)17-32-29(36)26-15-25(16-27(35)28(23)26)34-11-9-33(10-12-34)24-5-7-31-8-6-24/h13,15-16,18-19,24,31H,5-12,14,17,30H2,1-4H3,(H,32,36)/b21-13-,22-20+. The first-order chi connectivity index (χ1) is 17.3. The highest BCUT2D eigenvalue weighted by molar-refractivity contribution is 6.10. The van der Waals surface area contributed by atoms with E-state index in [4.69, 9.17) is 5.73 Å². The van der Waals surface area contributed by atoms with Crippen LogP contribution >= 0.6 is 0 Å². The van der Waals surface area contributed by atoms with Gasteiger partial charge in [0.05, 0.1) is 11.1 Å². The van der Waals surface area contributed by atoms with Crippen LogP contribution in [0.5, 0.6) is 0 Å². The SMILES string of the molecule is C/C(N)=C/C(C)=C1/CNC(=O)c2cc(N3CCN(C4CCNCC4)CC3)cc3c2c(cn3C(C)C)C1. The number of carbonyl (C=O) groups is 1. The number of carbonyl (C=O) groups excluding carboxylic acids is 1. The average molecular weight is 491 g/mol. The minimum atomic E-state index is 0.0106. The molecule has 1 amide bonds. The molecule has 0 bridgehead atoms. The van der Waals surface area contributed by atoms with Crippen LogP contribution in [0.15, 0.2) is 41.2 Å². The van der Waals surface area contributed by atoms with E-state index in [-0.39, 0.29) is 5.91 Å². The number of nitrogens with two attached hydrogens (primary N) is 1. The van der Waals surface area contributed by atoms with Crippen LogP contribution in [0.25, 0.3) is 10.9 Å². The molecule has 0 unspecified atom stereocenters. The summed E-state index contributed by atoms with van der Waals surface area (Å²) in [5, 5.41) is 7.78. The van der Waals surface area contributed by atoms with Crippen LogP contribution in [-0.4, -0.2) is 67.2 Å². The Kier molecular flexibility index (Phi) is 7.13. The Balaban J connectivity index is 1.50. The monoisotopic (exact) mass is 490 g/mol. The largest absolute Gasteiger partial charge is 0.402 e. The van der Waals surface area contributed by atoms with Gasteiger partial charge in [0.25, 0.3) is 5.91 Å². The second kappa shape index (κ2) is 10.3. The number of anilines is 1. The summed E-state index contributed by atoms with van der Waals surface area (Å²) in [7, 11) is 0. The lowest BCUT2D eigenvalue weighted by Gasteiger charge is -2.41. The van der Waals surface area contributed by atoms with Crippen LogP contribution in [0.4, 0.5) is 5.69 Å². The highest BCUT2D eigenvalue weighted by atomic mass is 16.1. The number of piperazine rings is 1. The van der Waals surface area contributed by atoms with E-state index < -0.39 is 0 Å². The minimum absolute atomic E-state index is 0.0106. The second-order valence-electron chi connectivity index (χ2n) is 11.1. The molecule has 2 aromatic rings. The zero-order valence-corrected chi connectivity index (χ0v) is 22.4. The number of allylic oxidation sites excluding steroid dienone is 3. The maximum atomic E-state index is 13.5. The molecular weight excluding hydrogens is 448 g/mol. The third-order valence-electron chi connectivity index (χ3n) is 8.17. The van der Waals surface area contributed by atoms with E-state index in [2.05, 4.69) is 64.1 Å². The van der Waals surface area contributed by atoms with E-state index in [1.807, 2.05) is 13.0 Å². The van der Waals surface area contributed by atoms with Gasteiger partial charge in [0.15, 0.2) is 0 Å². The molecule has 7 heteroatoms. The molecule has 194 valence electrons. The van der Waals surface area contributed by atoms with Crippen LogP contribution in [0, 0.1) is 0 Å². The molecule has 1 aromatic carbocycles. The van der Waals surface area contributed by atoms with Crippen molar-refractivity contribution in [1.29, 1.82) is 0 Å². The van der Waals surface area contributed by atoms with Gasteiger partial charge in [0.2, 0.25) is 0 Å². The molecule has 4 heterocycles. The fraction of sp³-hybridized carbons (Fsp3) is 0.552. The summed E-state index contributed by atoms with van der Waals surface area (Å²) in [5.41, 5.74) is 13.4. The Morgan fingerprint density at radius 1 is 1.11 bits per heavy atom. The third-order valence-corrected chi connectivity index (χ3v) is 8.17. The first-order valence-corrected chi connectivity index (χ1v) is 13.6. The lowest BCUT2D eigenvalue weighted by atomic mass is 9.94. The lowest BCUT2D eigenvalue weighted by molar-refractivity contribution is 0.0958. The number of amides is 1. The van der Waals surface area contributed by atoms with Gasteiger partial charge in [-0.3, -0.25) is 9.69 Å². The van der Waals surface area contributed by atoms with Crippen LogP contribution < -0.4 is 21.3 Å². The Bertz CT molecular complexity index is 1190. The van der Waals surface area contributed by atoms with Gasteiger partial charge < -0.3 is 25.8 Å². The van der Waals surface area contributed by atoms with Gasteiger partial charge in [0, 0.05) is 67.8 Å². The van der Waals surface area contributed by atoms with E-state index >= 15 is 0 Å². The van der Waals surface area contributed by atoms with Gasteiger partial charge in [-0.1, -0.05) is 0 Å².